The van der Waals surface area contributed by atoms with E-state index in [4.69, 9.17) is 5.73 Å². The van der Waals surface area contributed by atoms with Crippen LogP contribution in [0.4, 0.5) is 5.82 Å². The molecular weight excluding hydrogens is 152 g/mol. The number of nitrogens with zero attached hydrogens (tertiary/aromatic N) is 3. The highest BCUT2D eigenvalue weighted by atomic mass is 15.5. The highest BCUT2D eigenvalue weighted by molar-refractivity contribution is 5.19. The van der Waals surface area contributed by atoms with Crippen molar-refractivity contribution in [2.75, 3.05) is 5.73 Å². The van der Waals surface area contributed by atoms with Crippen molar-refractivity contribution < 1.29 is 0 Å². The number of hydrogen-bond donors (Lipinski definition) is 1. The van der Waals surface area contributed by atoms with Crippen LogP contribution in [0.1, 0.15) is 38.1 Å². The average molecular weight is 166 g/mol. The zero-order chi connectivity index (χ0) is 8.39. The summed E-state index contributed by atoms with van der Waals surface area (Å²) in [4.78, 5) is 1.77. The second kappa shape index (κ2) is 3.13. The van der Waals surface area contributed by atoms with Crippen LogP contribution < -0.4 is 5.73 Å². The van der Waals surface area contributed by atoms with Gasteiger partial charge in [-0.15, -0.1) is 5.10 Å². The first-order valence-electron chi connectivity index (χ1n) is 4.53. The smallest absolute Gasteiger partial charge is 0.165 e. The molecule has 0 aromatic carbocycles. The molecule has 12 heavy (non-hydrogen) atoms. The van der Waals surface area contributed by atoms with Crippen molar-refractivity contribution in [1.29, 1.82) is 0 Å². The Morgan fingerprint density at radius 2 is 2.08 bits per heavy atom. The summed E-state index contributed by atoms with van der Waals surface area (Å²) in [6, 6.07) is 0.496. The first kappa shape index (κ1) is 7.58. The lowest BCUT2D eigenvalue weighted by atomic mass is 9.96. The highest BCUT2D eigenvalue weighted by Gasteiger charge is 2.16. The number of aromatic nitrogens is 3. The van der Waals surface area contributed by atoms with Gasteiger partial charge in [-0.1, -0.05) is 19.3 Å². The first-order chi connectivity index (χ1) is 5.86. The van der Waals surface area contributed by atoms with E-state index in [2.05, 4.69) is 10.2 Å². The molecule has 4 heteroatoms. The molecule has 1 aromatic heterocycles. The van der Waals surface area contributed by atoms with Gasteiger partial charge >= 0.3 is 0 Å². The monoisotopic (exact) mass is 166 g/mol. The summed E-state index contributed by atoms with van der Waals surface area (Å²) in [5.74, 6) is 0.528. The molecule has 0 amide bonds. The van der Waals surface area contributed by atoms with E-state index in [0.29, 0.717) is 11.9 Å². The van der Waals surface area contributed by atoms with Gasteiger partial charge < -0.3 is 5.73 Å². The SMILES string of the molecule is Nc1cnn(C2CCCCC2)n1. The number of nitrogen functional groups attached to an aromatic ring is 1. The summed E-state index contributed by atoms with van der Waals surface area (Å²) in [7, 11) is 0. The molecule has 0 spiro atoms. The van der Waals surface area contributed by atoms with Crippen LogP contribution in [0.3, 0.4) is 0 Å². The van der Waals surface area contributed by atoms with Crippen molar-refractivity contribution in [1.82, 2.24) is 15.0 Å². The highest BCUT2D eigenvalue weighted by Crippen LogP contribution is 2.26. The topological polar surface area (TPSA) is 56.7 Å². The molecule has 2 N–H and O–H groups in total. The van der Waals surface area contributed by atoms with Crippen LogP contribution in [-0.2, 0) is 0 Å². The van der Waals surface area contributed by atoms with E-state index in [-0.39, 0.29) is 0 Å². The molecule has 0 bridgehead atoms. The molecule has 0 aliphatic heterocycles. The third-order valence-corrected chi connectivity index (χ3v) is 2.43. The van der Waals surface area contributed by atoms with Gasteiger partial charge in [-0.25, -0.2) is 0 Å². The molecule has 0 atom stereocenters. The van der Waals surface area contributed by atoms with Crippen LogP contribution >= 0.6 is 0 Å². The molecule has 4 nitrogen and oxygen atoms in total. The third kappa shape index (κ3) is 1.42. The van der Waals surface area contributed by atoms with Crippen LogP contribution in [0.15, 0.2) is 6.20 Å². The van der Waals surface area contributed by atoms with E-state index in [9.17, 15) is 0 Å². The van der Waals surface area contributed by atoms with Crippen molar-refractivity contribution in [2.45, 2.75) is 38.1 Å². The van der Waals surface area contributed by atoms with Crippen LogP contribution in [0, 0.1) is 0 Å². The van der Waals surface area contributed by atoms with Crippen LogP contribution in [0.2, 0.25) is 0 Å². The largest absolute Gasteiger partial charge is 0.381 e. The summed E-state index contributed by atoms with van der Waals surface area (Å²) in [6.07, 6.45) is 7.97. The first-order valence-corrected chi connectivity index (χ1v) is 4.53. The van der Waals surface area contributed by atoms with Crippen molar-refractivity contribution in [3.8, 4) is 0 Å². The normalized spacial score (nSPS) is 19.7. The molecule has 0 unspecified atom stereocenters. The minimum absolute atomic E-state index is 0.496. The van der Waals surface area contributed by atoms with E-state index >= 15 is 0 Å². The second-order valence-corrected chi connectivity index (χ2v) is 3.38. The Balaban J connectivity index is 2.08. The summed E-state index contributed by atoms with van der Waals surface area (Å²) < 4.78 is 0. The quantitative estimate of drug-likeness (QED) is 0.685. The molecule has 1 aliphatic carbocycles. The third-order valence-electron chi connectivity index (χ3n) is 2.43. The molecule has 0 saturated heterocycles. The fraction of sp³-hybridized carbons (Fsp3) is 0.750. The van der Waals surface area contributed by atoms with Gasteiger partial charge in [0.2, 0.25) is 0 Å². The van der Waals surface area contributed by atoms with Gasteiger partial charge in [-0.3, -0.25) is 0 Å². The second-order valence-electron chi connectivity index (χ2n) is 3.38. The minimum Gasteiger partial charge on any atom is -0.381 e. The Morgan fingerprint density at radius 3 is 2.67 bits per heavy atom. The molecule has 1 heterocycles. The van der Waals surface area contributed by atoms with Crippen LogP contribution in [0.5, 0.6) is 0 Å². The standard InChI is InChI=1S/C8H14N4/c9-8-6-10-12(11-8)7-4-2-1-3-5-7/h6-7H,1-5H2,(H2,9,11). The molecule has 1 aromatic rings. The van der Waals surface area contributed by atoms with E-state index in [1.165, 1.54) is 32.1 Å². The average Bonchev–Trinajstić information content (AvgIpc) is 2.54. The Labute approximate surface area is 71.8 Å². The van der Waals surface area contributed by atoms with Gasteiger partial charge in [0.05, 0.1) is 12.2 Å². The maximum Gasteiger partial charge on any atom is 0.165 e. The zero-order valence-corrected chi connectivity index (χ0v) is 7.11. The lowest BCUT2D eigenvalue weighted by Gasteiger charge is -2.20. The van der Waals surface area contributed by atoms with Gasteiger partial charge in [0.25, 0.3) is 0 Å². The Morgan fingerprint density at radius 1 is 1.33 bits per heavy atom. The molecule has 1 saturated carbocycles. The van der Waals surface area contributed by atoms with Crippen molar-refractivity contribution in [3.05, 3.63) is 6.20 Å². The van der Waals surface area contributed by atoms with Crippen molar-refractivity contribution in [2.24, 2.45) is 0 Å². The summed E-state index contributed by atoms with van der Waals surface area (Å²) in [5, 5.41) is 8.24. The number of rotatable bonds is 1. The molecule has 1 fully saturated rings. The fourth-order valence-corrected chi connectivity index (χ4v) is 1.78. The van der Waals surface area contributed by atoms with Gasteiger partial charge in [-0.2, -0.15) is 9.90 Å². The maximum absolute atomic E-state index is 5.49. The molecular formula is C8H14N4. The number of anilines is 1. The van der Waals surface area contributed by atoms with Gasteiger partial charge in [0.15, 0.2) is 5.82 Å². The van der Waals surface area contributed by atoms with Crippen LogP contribution in [0.25, 0.3) is 0 Å². The summed E-state index contributed by atoms with van der Waals surface area (Å²) in [5.41, 5.74) is 5.49. The van der Waals surface area contributed by atoms with E-state index in [1.807, 2.05) is 0 Å². The number of hydrogen-bond acceptors (Lipinski definition) is 3. The molecule has 66 valence electrons. The minimum atomic E-state index is 0.496. The van der Waals surface area contributed by atoms with E-state index in [1.54, 1.807) is 11.0 Å². The van der Waals surface area contributed by atoms with Crippen molar-refractivity contribution >= 4 is 5.82 Å². The van der Waals surface area contributed by atoms with E-state index < -0.39 is 0 Å². The number of nitrogens with two attached hydrogens (primary N) is 1. The molecule has 2 rings (SSSR count). The van der Waals surface area contributed by atoms with E-state index in [0.717, 1.165) is 0 Å². The lowest BCUT2D eigenvalue weighted by Crippen LogP contribution is -2.15. The fourth-order valence-electron chi connectivity index (χ4n) is 1.78. The molecule has 1 aliphatic rings. The molecule has 0 radical (unpaired) electrons. The maximum atomic E-state index is 5.49. The Hall–Kier alpha value is -1.06. The predicted octanol–water partition coefficient (Wildman–Crippen LogP) is 1.37. The van der Waals surface area contributed by atoms with Gasteiger partial charge in [-0.05, 0) is 12.8 Å². The Bertz CT molecular complexity index is 249. The van der Waals surface area contributed by atoms with Gasteiger partial charge in [0, 0.05) is 0 Å². The predicted molar refractivity (Wildman–Crippen MR) is 46.6 cm³/mol. The summed E-state index contributed by atoms with van der Waals surface area (Å²) in [6.45, 7) is 0. The van der Waals surface area contributed by atoms with Crippen LogP contribution in [-0.4, -0.2) is 15.0 Å². The zero-order valence-electron chi connectivity index (χ0n) is 7.11. The lowest BCUT2D eigenvalue weighted by molar-refractivity contribution is 0.302. The Kier molecular flexibility index (Phi) is 1.98. The van der Waals surface area contributed by atoms with Crippen molar-refractivity contribution in [3.63, 3.8) is 0 Å². The van der Waals surface area contributed by atoms with Gasteiger partial charge in [0.1, 0.15) is 0 Å². The summed E-state index contributed by atoms with van der Waals surface area (Å²) >= 11 is 0.